The lowest BCUT2D eigenvalue weighted by atomic mass is 10.0. The molecule has 2 saturated heterocycles. The topological polar surface area (TPSA) is 122 Å². The fourth-order valence-electron chi connectivity index (χ4n) is 6.05. The molecule has 2 aliphatic rings. The zero-order chi connectivity index (χ0) is 34.2. The molecule has 4 heterocycles. The van der Waals surface area contributed by atoms with Crippen LogP contribution in [0.15, 0.2) is 59.3 Å². The van der Waals surface area contributed by atoms with Crippen molar-refractivity contribution in [3.63, 3.8) is 0 Å². The number of carbonyl (C=O) groups is 2. The van der Waals surface area contributed by atoms with E-state index in [1.807, 2.05) is 24.3 Å². The molecule has 0 saturated carbocycles. The SMILES string of the molecule is COc1cc2c(Cc3ccncc3)nnc(N3CCN(C(=O)C(=O)Nc4cc(F)cc(Br)c4)CC3)c2cc1OCCCCN1CCOCC1. The van der Waals surface area contributed by atoms with E-state index in [4.69, 9.17) is 14.2 Å². The number of carbonyl (C=O) groups excluding carboxylic acids is 2. The Morgan fingerprint density at radius 1 is 0.939 bits per heavy atom. The number of aromatic nitrogens is 3. The summed E-state index contributed by atoms with van der Waals surface area (Å²) in [4.78, 5) is 35.9. The van der Waals surface area contributed by atoms with Gasteiger partial charge in [-0.25, -0.2) is 4.39 Å². The van der Waals surface area contributed by atoms with Crippen LogP contribution in [0.25, 0.3) is 10.8 Å². The monoisotopic (exact) mass is 735 g/mol. The van der Waals surface area contributed by atoms with Gasteiger partial charge in [0, 0.05) is 79.0 Å². The number of anilines is 2. The average Bonchev–Trinajstić information content (AvgIpc) is 3.11. The van der Waals surface area contributed by atoms with Crippen LogP contribution in [-0.4, -0.2) is 110 Å². The largest absolute Gasteiger partial charge is 0.493 e. The Labute approximate surface area is 292 Å². The lowest BCUT2D eigenvalue weighted by Crippen LogP contribution is -2.52. The van der Waals surface area contributed by atoms with Gasteiger partial charge in [0.2, 0.25) is 0 Å². The molecule has 0 atom stereocenters. The van der Waals surface area contributed by atoms with Crippen LogP contribution in [0.3, 0.4) is 0 Å². The highest BCUT2D eigenvalue weighted by Crippen LogP contribution is 2.38. The van der Waals surface area contributed by atoms with Gasteiger partial charge in [-0.3, -0.25) is 19.5 Å². The van der Waals surface area contributed by atoms with Crippen molar-refractivity contribution in [2.24, 2.45) is 0 Å². The maximum Gasteiger partial charge on any atom is 0.313 e. The molecule has 0 unspecified atom stereocenters. The number of methoxy groups -OCH3 is 1. The Balaban J connectivity index is 1.18. The number of morpholine rings is 1. The van der Waals surface area contributed by atoms with Crippen molar-refractivity contribution >= 4 is 50.0 Å². The van der Waals surface area contributed by atoms with E-state index in [2.05, 4.69) is 46.2 Å². The van der Waals surface area contributed by atoms with Crippen molar-refractivity contribution < 1.29 is 28.2 Å². The summed E-state index contributed by atoms with van der Waals surface area (Å²) in [5, 5.41) is 13.6. The normalized spacial score (nSPS) is 15.3. The number of ether oxygens (including phenoxy) is 3. The Morgan fingerprint density at radius 2 is 1.69 bits per heavy atom. The third kappa shape index (κ3) is 8.80. The van der Waals surface area contributed by atoms with Gasteiger partial charge in [-0.15, -0.1) is 5.10 Å². The van der Waals surface area contributed by atoms with E-state index in [1.54, 1.807) is 19.5 Å². The highest BCUT2D eigenvalue weighted by Gasteiger charge is 2.28. The van der Waals surface area contributed by atoms with E-state index in [0.29, 0.717) is 61.0 Å². The lowest BCUT2D eigenvalue weighted by molar-refractivity contribution is -0.143. The minimum atomic E-state index is -0.824. The minimum Gasteiger partial charge on any atom is -0.493 e. The maximum atomic E-state index is 13.8. The van der Waals surface area contributed by atoms with E-state index in [1.165, 1.54) is 17.0 Å². The number of fused-ring (bicyclic) bond motifs is 1. The molecule has 49 heavy (non-hydrogen) atoms. The van der Waals surface area contributed by atoms with E-state index in [-0.39, 0.29) is 5.69 Å². The van der Waals surface area contributed by atoms with Crippen molar-refractivity contribution in [2.45, 2.75) is 19.3 Å². The molecule has 2 aromatic carbocycles. The summed E-state index contributed by atoms with van der Waals surface area (Å²) in [6.07, 6.45) is 5.97. The van der Waals surface area contributed by atoms with Crippen molar-refractivity contribution in [3.8, 4) is 11.5 Å². The second kappa shape index (κ2) is 16.3. The summed E-state index contributed by atoms with van der Waals surface area (Å²) >= 11 is 3.20. The summed E-state index contributed by atoms with van der Waals surface area (Å²) in [6.45, 7) is 6.51. The number of nitrogens with zero attached hydrogens (tertiary/aromatic N) is 6. The Hall–Kier alpha value is -4.40. The van der Waals surface area contributed by atoms with Crippen LogP contribution < -0.4 is 19.7 Å². The zero-order valence-electron chi connectivity index (χ0n) is 27.4. The number of unbranched alkanes of at least 4 members (excludes halogenated alkanes) is 1. The van der Waals surface area contributed by atoms with Crippen LogP contribution in [0, 0.1) is 5.82 Å². The first-order valence-corrected chi connectivity index (χ1v) is 17.2. The van der Waals surface area contributed by atoms with Gasteiger partial charge in [-0.05, 0) is 67.4 Å². The number of hydrogen-bond donors (Lipinski definition) is 1. The Morgan fingerprint density at radius 3 is 2.43 bits per heavy atom. The number of halogens is 2. The molecule has 14 heteroatoms. The molecule has 258 valence electrons. The molecule has 4 aromatic rings. The van der Waals surface area contributed by atoms with Crippen LogP contribution >= 0.6 is 15.9 Å². The highest BCUT2D eigenvalue weighted by molar-refractivity contribution is 9.10. The van der Waals surface area contributed by atoms with Gasteiger partial charge in [0.05, 0.1) is 32.6 Å². The summed E-state index contributed by atoms with van der Waals surface area (Å²) in [6, 6.07) is 11.8. The summed E-state index contributed by atoms with van der Waals surface area (Å²) < 4.78 is 31.8. The van der Waals surface area contributed by atoms with Crippen LogP contribution in [0.4, 0.5) is 15.9 Å². The summed E-state index contributed by atoms with van der Waals surface area (Å²) in [5.41, 5.74) is 2.03. The summed E-state index contributed by atoms with van der Waals surface area (Å²) in [5.74, 6) is -0.134. The van der Waals surface area contributed by atoms with Crippen LogP contribution in [0.5, 0.6) is 11.5 Å². The molecule has 0 bridgehead atoms. The number of amides is 2. The molecule has 2 aromatic heterocycles. The standard InChI is InChI=1S/C35H39BrFN7O5/c1-47-31-22-28-29(23-32(31)49-15-3-2-8-42-13-16-48-17-14-42)33(41-40-30(28)18-24-4-6-38-7-5-24)43-9-11-44(12-10-43)35(46)34(45)39-27-20-25(36)19-26(37)21-27/h4-7,19-23H,2-3,8-18H2,1H3,(H,39,45). The first-order chi connectivity index (χ1) is 23.9. The Kier molecular flexibility index (Phi) is 11.5. The average molecular weight is 737 g/mol. The zero-order valence-corrected chi connectivity index (χ0v) is 29.0. The predicted molar refractivity (Wildman–Crippen MR) is 187 cm³/mol. The van der Waals surface area contributed by atoms with Crippen molar-refractivity contribution in [3.05, 3.63) is 76.4 Å². The predicted octanol–water partition coefficient (Wildman–Crippen LogP) is 4.30. The number of hydrogen-bond acceptors (Lipinski definition) is 10. The third-order valence-electron chi connectivity index (χ3n) is 8.65. The second-order valence-electron chi connectivity index (χ2n) is 12.0. The van der Waals surface area contributed by atoms with Gasteiger partial charge < -0.3 is 29.3 Å². The number of rotatable bonds is 11. The maximum absolute atomic E-state index is 13.8. The molecular formula is C35H39BrFN7O5. The quantitative estimate of drug-likeness (QED) is 0.176. The van der Waals surface area contributed by atoms with Gasteiger partial charge in [-0.1, -0.05) is 15.9 Å². The van der Waals surface area contributed by atoms with Gasteiger partial charge >= 0.3 is 11.8 Å². The van der Waals surface area contributed by atoms with Crippen molar-refractivity contribution in [1.82, 2.24) is 25.0 Å². The first kappa shape index (κ1) is 34.5. The summed E-state index contributed by atoms with van der Waals surface area (Å²) in [7, 11) is 1.63. The highest BCUT2D eigenvalue weighted by atomic mass is 79.9. The molecule has 2 fully saturated rings. The van der Waals surface area contributed by atoms with Gasteiger partial charge in [-0.2, -0.15) is 5.10 Å². The molecule has 0 radical (unpaired) electrons. The van der Waals surface area contributed by atoms with E-state index in [0.717, 1.165) is 73.8 Å². The van der Waals surface area contributed by atoms with E-state index < -0.39 is 17.6 Å². The fraction of sp³-hybridized carbons (Fsp3) is 0.400. The lowest BCUT2D eigenvalue weighted by Gasteiger charge is -2.35. The van der Waals surface area contributed by atoms with Crippen LogP contribution in [-0.2, 0) is 20.7 Å². The number of piperazine rings is 1. The first-order valence-electron chi connectivity index (χ1n) is 16.4. The molecule has 6 rings (SSSR count). The Bertz CT molecular complexity index is 1750. The molecule has 2 aliphatic heterocycles. The molecular weight excluding hydrogens is 697 g/mol. The fourth-order valence-corrected chi connectivity index (χ4v) is 6.51. The second-order valence-corrected chi connectivity index (χ2v) is 12.9. The smallest absolute Gasteiger partial charge is 0.313 e. The molecule has 1 N–H and O–H groups in total. The van der Waals surface area contributed by atoms with Crippen molar-refractivity contribution in [1.29, 1.82) is 0 Å². The van der Waals surface area contributed by atoms with E-state index in [9.17, 15) is 14.0 Å². The van der Waals surface area contributed by atoms with Gasteiger partial charge in [0.15, 0.2) is 17.3 Å². The van der Waals surface area contributed by atoms with Gasteiger partial charge in [0.25, 0.3) is 0 Å². The van der Waals surface area contributed by atoms with E-state index >= 15 is 0 Å². The number of pyridine rings is 1. The third-order valence-corrected chi connectivity index (χ3v) is 9.11. The number of nitrogens with one attached hydrogen (secondary N) is 1. The molecule has 12 nitrogen and oxygen atoms in total. The minimum absolute atomic E-state index is 0.197. The molecule has 0 spiro atoms. The van der Waals surface area contributed by atoms with Crippen molar-refractivity contribution in [2.75, 3.05) is 83.0 Å². The van der Waals surface area contributed by atoms with Crippen LogP contribution in [0.2, 0.25) is 0 Å². The van der Waals surface area contributed by atoms with Crippen LogP contribution in [0.1, 0.15) is 24.1 Å². The molecule has 2 amide bonds. The number of benzene rings is 2. The van der Waals surface area contributed by atoms with Gasteiger partial charge in [0.1, 0.15) is 5.82 Å². The molecule has 0 aliphatic carbocycles.